The molecule has 2 amide bonds. The van der Waals surface area contributed by atoms with Crippen LogP contribution in [0.2, 0.25) is 0 Å². The van der Waals surface area contributed by atoms with Crippen molar-refractivity contribution in [2.75, 3.05) is 12.4 Å². The first kappa shape index (κ1) is 13.8. The molecule has 1 atom stereocenters. The fourth-order valence-electron chi connectivity index (χ4n) is 3.14. The molecule has 116 valence electrons. The Balaban J connectivity index is 1.92. The number of rotatable bonds is 2. The monoisotopic (exact) mass is 309 g/mol. The third-order valence-corrected chi connectivity index (χ3v) is 4.34. The molecule has 0 saturated carbocycles. The number of benzene rings is 2. The zero-order valence-electron chi connectivity index (χ0n) is 12.6. The van der Waals surface area contributed by atoms with Crippen molar-refractivity contribution < 1.29 is 14.1 Å². The molecule has 1 aromatic heterocycles. The summed E-state index contributed by atoms with van der Waals surface area (Å²) in [6.45, 7) is 0. The van der Waals surface area contributed by atoms with Crippen LogP contribution in [0.25, 0.3) is 21.7 Å². The first-order chi connectivity index (χ1) is 11.2. The molecule has 2 N–H and O–H groups in total. The number of fused-ring (bicyclic) bond motifs is 3. The molecule has 1 fully saturated rings. The minimum absolute atomic E-state index is 0.234. The predicted molar refractivity (Wildman–Crippen MR) is 86.2 cm³/mol. The van der Waals surface area contributed by atoms with Gasteiger partial charge < -0.3 is 9.84 Å². The summed E-state index contributed by atoms with van der Waals surface area (Å²) in [5.74, 6) is -0.994. The number of anilines is 1. The molecule has 4 rings (SSSR count). The number of hydrogen-bond acceptors (Lipinski definition) is 5. The molecule has 23 heavy (non-hydrogen) atoms. The maximum absolute atomic E-state index is 12.2. The average molecular weight is 309 g/mol. The fraction of sp³-hybridized carbons (Fsp3) is 0.235. The predicted octanol–water partition coefficient (Wildman–Crippen LogP) is 2.54. The van der Waals surface area contributed by atoms with Crippen LogP contribution in [-0.2, 0) is 9.59 Å². The Hall–Kier alpha value is -2.89. The summed E-state index contributed by atoms with van der Waals surface area (Å²) in [6.07, 6.45) is 0.775. The summed E-state index contributed by atoms with van der Waals surface area (Å²) >= 11 is 0. The van der Waals surface area contributed by atoms with E-state index >= 15 is 0 Å². The number of nitrogens with zero attached hydrogens (tertiary/aromatic N) is 1. The van der Waals surface area contributed by atoms with Gasteiger partial charge in [0.05, 0.1) is 11.3 Å². The molecule has 6 heteroatoms. The van der Waals surface area contributed by atoms with E-state index in [1.54, 1.807) is 0 Å². The molecule has 3 aromatic rings. The Labute approximate surface area is 131 Å². The highest BCUT2D eigenvalue weighted by Gasteiger charge is 2.32. The van der Waals surface area contributed by atoms with Crippen LogP contribution in [0, 0.1) is 0 Å². The minimum Gasteiger partial charge on any atom is -0.388 e. The second-order valence-electron chi connectivity index (χ2n) is 5.70. The van der Waals surface area contributed by atoms with Crippen molar-refractivity contribution >= 4 is 39.2 Å². The van der Waals surface area contributed by atoms with Crippen LogP contribution >= 0.6 is 0 Å². The highest BCUT2D eigenvalue weighted by Crippen LogP contribution is 2.35. The summed E-state index contributed by atoms with van der Waals surface area (Å²) < 4.78 is 5.41. The Morgan fingerprint density at radius 1 is 1.26 bits per heavy atom. The van der Waals surface area contributed by atoms with Gasteiger partial charge in [0.15, 0.2) is 5.58 Å². The van der Waals surface area contributed by atoms with E-state index in [4.69, 9.17) is 4.52 Å². The molecule has 1 aliphatic rings. The molecular formula is C17H15N3O3. The summed E-state index contributed by atoms with van der Waals surface area (Å²) in [6, 6.07) is 9.84. The quantitative estimate of drug-likeness (QED) is 0.711. The first-order valence-electron chi connectivity index (χ1n) is 7.51. The highest BCUT2D eigenvalue weighted by atomic mass is 16.5. The lowest BCUT2D eigenvalue weighted by Crippen LogP contribution is -2.39. The maximum Gasteiger partial charge on any atom is 0.235 e. The van der Waals surface area contributed by atoms with Crippen molar-refractivity contribution in [3.8, 4) is 0 Å². The van der Waals surface area contributed by atoms with Crippen LogP contribution in [-0.4, -0.2) is 24.0 Å². The van der Waals surface area contributed by atoms with Gasteiger partial charge in [-0.1, -0.05) is 17.3 Å². The van der Waals surface area contributed by atoms with Crippen LogP contribution < -0.4 is 10.6 Å². The SMILES string of the molecule is CNc1ccc2c(ccc3onc(C4CCC(=O)NC4=O)c32)c1. The maximum atomic E-state index is 12.2. The molecule has 0 aliphatic carbocycles. The van der Waals surface area contributed by atoms with Gasteiger partial charge in [-0.15, -0.1) is 0 Å². The number of aromatic nitrogens is 1. The second kappa shape index (κ2) is 5.08. The Kier molecular flexibility index (Phi) is 3.04. The molecule has 0 bridgehead atoms. The van der Waals surface area contributed by atoms with Gasteiger partial charge in [0, 0.05) is 19.2 Å². The number of hydrogen-bond donors (Lipinski definition) is 2. The standard InChI is InChI=1S/C17H15N3O3/c1-18-10-3-4-11-9(8-10)2-6-13-15(11)16(20-23-13)12-5-7-14(21)19-17(12)22/h2-4,6,8,12,18H,5,7H2,1H3,(H,19,21,22). The van der Waals surface area contributed by atoms with Crippen molar-refractivity contribution in [1.82, 2.24) is 10.5 Å². The van der Waals surface area contributed by atoms with Gasteiger partial charge in [0.2, 0.25) is 11.8 Å². The normalized spacial score (nSPS) is 18.4. The van der Waals surface area contributed by atoms with E-state index in [-0.39, 0.29) is 11.8 Å². The van der Waals surface area contributed by atoms with Crippen LogP contribution in [0.1, 0.15) is 24.5 Å². The van der Waals surface area contributed by atoms with E-state index in [0.29, 0.717) is 24.1 Å². The summed E-state index contributed by atoms with van der Waals surface area (Å²) in [4.78, 5) is 23.5. The van der Waals surface area contributed by atoms with Crippen LogP contribution in [0.3, 0.4) is 0 Å². The molecule has 1 unspecified atom stereocenters. The van der Waals surface area contributed by atoms with E-state index in [9.17, 15) is 9.59 Å². The van der Waals surface area contributed by atoms with Crippen LogP contribution in [0.15, 0.2) is 34.9 Å². The van der Waals surface area contributed by atoms with E-state index in [1.165, 1.54) is 0 Å². The minimum atomic E-state index is -0.455. The second-order valence-corrected chi connectivity index (χ2v) is 5.70. The molecule has 0 spiro atoms. The number of carbonyl (C=O) groups is 2. The Morgan fingerprint density at radius 2 is 2.13 bits per heavy atom. The van der Waals surface area contributed by atoms with E-state index in [0.717, 1.165) is 21.8 Å². The molecule has 1 saturated heterocycles. The Morgan fingerprint density at radius 3 is 2.91 bits per heavy atom. The zero-order valence-corrected chi connectivity index (χ0v) is 12.6. The largest absolute Gasteiger partial charge is 0.388 e. The van der Waals surface area contributed by atoms with Gasteiger partial charge in [-0.2, -0.15) is 0 Å². The van der Waals surface area contributed by atoms with E-state index < -0.39 is 5.92 Å². The Bertz CT molecular complexity index is 945. The highest BCUT2D eigenvalue weighted by molar-refractivity contribution is 6.10. The van der Waals surface area contributed by atoms with Crippen molar-refractivity contribution in [2.45, 2.75) is 18.8 Å². The molecule has 6 nitrogen and oxygen atoms in total. The summed E-state index contributed by atoms with van der Waals surface area (Å²) in [5.41, 5.74) is 2.26. The number of nitrogens with one attached hydrogen (secondary N) is 2. The van der Waals surface area contributed by atoms with Crippen molar-refractivity contribution in [3.05, 3.63) is 36.0 Å². The van der Waals surface area contributed by atoms with Crippen molar-refractivity contribution in [2.24, 2.45) is 0 Å². The van der Waals surface area contributed by atoms with E-state index in [2.05, 4.69) is 15.8 Å². The fourth-order valence-corrected chi connectivity index (χ4v) is 3.14. The molecule has 2 heterocycles. The number of imide groups is 1. The summed E-state index contributed by atoms with van der Waals surface area (Å²) in [5, 5.41) is 12.5. The third-order valence-electron chi connectivity index (χ3n) is 4.34. The topological polar surface area (TPSA) is 84.2 Å². The smallest absolute Gasteiger partial charge is 0.235 e. The van der Waals surface area contributed by atoms with E-state index in [1.807, 2.05) is 37.4 Å². The molecular weight excluding hydrogens is 294 g/mol. The van der Waals surface area contributed by atoms with Gasteiger partial charge in [-0.05, 0) is 35.4 Å². The number of piperidine rings is 1. The van der Waals surface area contributed by atoms with Gasteiger partial charge in [-0.25, -0.2) is 0 Å². The van der Waals surface area contributed by atoms with Crippen LogP contribution in [0.4, 0.5) is 5.69 Å². The van der Waals surface area contributed by atoms with Crippen molar-refractivity contribution in [3.63, 3.8) is 0 Å². The van der Waals surface area contributed by atoms with Gasteiger partial charge >= 0.3 is 0 Å². The lowest BCUT2D eigenvalue weighted by Gasteiger charge is -2.19. The van der Waals surface area contributed by atoms with Gasteiger partial charge in [-0.3, -0.25) is 14.9 Å². The zero-order chi connectivity index (χ0) is 16.0. The molecule has 2 aromatic carbocycles. The average Bonchev–Trinajstić information content (AvgIpc) is 2.98. The first-order valence-corrected chi connectivity index (χ1v) is 7.51. The van der Waals surface area contributed by atoms with Crippen molar-refractivity contribution in [1.29, 1.82) is 0 Å². The molecule has 1 aliphatic heterocycles. The lowest BCUT2D eigenvalue weighted by atomic mass is 9.91. The number of carbonyl (C=O) groups excluding carboxylic acids is 2. The number of amides is 2. The van der Waals surface area contributed by atoms with Gasteiger partial charge in [0.25, 0.3) is 0 Å². The van der Waals surface area contributed by atoms with Gasteiger partial charge in [0.1, 0.15) is 5.69 Å². The molecule has 0 radical (unpaired) electrons. The van der Waals surface area contributed by atoms with Crippen LogP contribution in [0.5, 0.6) is 0 Å². The summed E-state index contributed by atoms with van der Waals surface area (Å²) in [7, 11) is 1.87. The third kappa shape index (κ3) is 2.14. The lowest BCUT2D eigenvalue weighted by molar-refractivity contribution is -0.134.